The zero-order valence-corrected chi connectivity index (χ0v) is 16.8. The molecule has 0 aliphatic heterocycles. The molecule has 0 saturated heterocycles. The van der Waals surface area contributed by atoms with Crippen LogP contribution in [0.5, 0.6) is 11.5 Å². The van der Waals surface area contributed by atoms with Gasteiger partial charge in [0.25, 0.3) is 0 Å². The Balaban J connectivity index is 1.57. The lowest BCUT2D eigenvalue weighted by molar-refractivity contribution is 0.308. The highest BCUT2D eigenvalue weighted by atomic mass is 16.5. The zero-order chi connectivity index (χ0) is 19.5. The summed E-state index contributed by atoms with van der Waals surface area (Å²) < 4.78 is 13.0. The van der Waals surface area contributed by atoms with Crippen LogP contribution in [-0.2, 0) is 6.54 Å². The summed E-state index contributed by atoms with van der Waals surface area (Å²) >= 11 is 0. The fourth-order valence-electron chi connectivity index (χ4n) is 2.72. The van der Waals surface area contributed by atoms with Crippen LogP contribution in [0.3, 0.4) is 0 Å². The molecule has 7 heteroatoms. The van der Waals surface area contributed by atoms with Gasteiger partial charge in [-0.1, -0.05) is 6.07 Å². The number of ether oxygens (including phenoxy) is 2. The summed E-state index contributed by atoms with van der Waals surface area (Å²) in [6.45, 7) is 7.28. The van der Waals surface area contributed by atoms with Crippen LogP contribution in [0.1, 0.15) is 24.2 Å². The maximum atomic E-state index is 5.73. The third-order valence-electron chi connectivity index (χ3n) is 4.09. The molecule has 0 unspecified atom stereocenters. The van der Waals surface area contributed by atoms with Crippen LogP contribution in [0.4, 0.5) is 0 Å². The predicted octanol–water partition coefficient (Wildman–Crippen LogP) is 2.53. The molecule has 0 bridgehead atoms. The van der Waals surface area contributed by atoms with Gasteiger partial charge < -0.3 is 20.1 Å². The van der Waals surface area contributed by atoms with Gasteiger partial charge in [0.1, 0.15) is 11.5 Å². The third kappa shape index (κ3) is 7.21. The second kappa shape index (κ2) is 11.1. The summed E-state index contributed by atoms with van der Waals surface area (Å²) in [5.41, 5.74) is 2.26. The van der Waals surface area contributed by atoms with Crippen LogP contribution in [0.25, 0.3) is 0 Å². The van der Waals surface area contributed by atoms with E-state index in [1.165, 1.54) is 5.69 Å². The number of nitrogens with one attached hydrogen (secondary N) is 2. The fraction of sp³-hybridized carbons (Fsp3) is 0.500. The Hall–Kier alpha value is -2.70. The number of rotatable bonds is 10. The Kier molecular flexibility index (Phi) is 8.48. The Bertz CT molecular complexity index is 727. The van der Waals surface area contributed by atoms with Crippen molar-refractivity contribution in [3.63, 3.8) is 0 Å². The standard InChI is InChI=1S/C20H31N5O2/c1-16-14-17(2)25(24-16)12-6-10-22-20(21-3)23-11-7-13-27-19-9-5-8-18(15-19)26-4/h5,8-9,14-15H,6-7,10-13H2,1-4H3,(H2,21,22,23). The maximum absolute atomic E-state index is 5.73. The van der Waals surface area contributed by atoms with Gasteiger partial charge in [0, 0.05) is 38.4 Å². The predicted molar refractivity (Wildman–Crippen MR) is 109 cm³/mol. The molecule has 0 radical (unpaired) electrons. The van der Waals surface area contributed by atoms with Gasteiger partial charge in [-0.25, -0.2) is 0 Å². The van der Waals surface area contributed by atoms with Crippen molar-refractivity contribution in [2.24, 2.45) is 4.99 Å². The Morgan fingerprint density at radius 2 is 1.85 bits per heavy atom. The van der Waals surface area contributed by atoms with Gasteiger partial charge >= 0.3 is 0 Å². The molecule has 0 atom stereocenters. The molecule has 1 aromatic carbocycles. The first-order valence-electron chi connectivity index (χ1n) is 9.35. The van der Waals surface area contributed by atoms with Gasteiger partial charge in [0.15, 0.2) is 5.96 Å². The lowest BCUT2D eigenvalue weighted by Crippen LogP contribution is -2.38. The average Bonchev–Trinajstić information content (AvgIpc) is 3.00. The van der Waals surface area contributed by atoms with Crippen molar-refractivity contribution in [1.82, 2.24) is 20.4 Å². The van der Waals surface area contributed by atoms with E-state index in [4.69, 9.17) is 9.47 Å². The maximum Gasteiger partial charge on any atom is 0.190 e. The summed E-state index contributed by atoms with van der Waals surface area (Å²) in [6.07, 6.45) is 1.87. The summed E-state index contributed by atoms with van der Waals surface area (Å²) in [7, 11) is 3.43. The van der Waals surface area contributed by atoms with Crippen LogP contribution in [0.2, 0.25) is 0 Å². The average molecular weight is 374 g/mol. The number of guanidine groups is 1. The minimum absolute atomic E-state index is 0.634. The molecule has 7 nitrogen and oxygen atoms in total. The van der Waals surface area contributed by atoms with E-state index in [1.807, 2.05) is 35.9 Å². The van der Waals surface area contributed by atoms with Gasteiger partial charge in [-0.3, -0.25) is 9.67 Å². The number of aromatic nitrogens is 2. The molecular weight excluding hydrogens is 342 g/mol. The molecule has 0 amide bonds. The first-order chi connectivity index (χ1) is 13.1. The molecule has 1 heterocycles. The van der Waals surface area contributed by atoms with Crippen molar-refractivity contribution < 1.29 is 9.47 Å². The molecule has 0 aliphatic carbocycles. The van der Waals surface area contributed by atoms with Gasteiger partial charge in [-0.2, -0.15) is 5.10 Å². The second-order valence-electron chi connectivity index (χ2n) is 6.31. The van der Waals surface area contributed by atoms with E-state index in [1.54, 1.807) is 14.2 Å². The Morgan fingerprint density at radius 1 is 1.11 bits per heavy atom. The van der Waals surface area contributed by atoms with E-state index in [0.29, 0.717) is 6.61 Å². The SMILES string of the molecule is CN=C(NCCCOc1cccc(OC)c1)NCCCn1nc(C)cc1C. The van der Waals surface area contributed by atoms with E-state index in [-0.39, 0.29) is 0 Å². The first kappa shape index (κ1) is 20.6. The second-order valence-corrected chi connectivity index (χ2v) is 6.31. The van der Waals surface area contributed by atoms with Crippen molar-refractivity contribution in [2.75, 3.05) is 33.9 Å². The normalized spacial score (nSPS) is 11.3. The lowest BCUT2D eigenvalue weighted by atomic mass is 10.3. The van der Waals surface area contributed by atoms with Gasteiger partial charge in [0.05, 0.1) is 19.4 Å². The molecule has 0 saturated carbocycles. The first-order valence-corrected chi connectivity index (χ1v) is 9.35. The number of hydrogen-bond donors (Lipinski definition) is 2. The molecule has 2 rings (SSSR count). The van der Waals surface area contributed by atoms with E-state index in [0.717, 1.165) is 55.6 Å². The summed E-state index contributed by atoms with van der Waals surface area (Å²) in [6, 6.07) is 9.74. The van der Waals surface area contributed by atoms with Gasteiger partial charge in [-0.15, -0.1) is 0 Å². The molecular formula is C20H31N5O2. The third-order valence-corrected chi connectivity index (χ3v) is 4.09. The number of benzene rings is 1. The number of hydrogen-bond acceptors (Lipinski definition) is 4. The smallest absolute Gasteiger partial charge is 0.190 e. The van der Waals surface area contributed by atoms with Crippen LogP contribution in [0.15, 0.2) is 35.3 Å². The largest absolute Gasteiger partial charge is 0.497 e. The molecule has 0 fully saturated rings. The highest BCUT2D eigenvalue weighted by Gasteiger charge is 2.02. The van der Waals surface area contributed by atoms with Gasteiger partial charge in [-0.05, 0) is 44.9 Å². The highest BCUT2D eigenvalue weighted by molar-refractivity contribution is 5.79. The molecule has 148 valence electrons. The molecule has 0 aliphatic rings. The minimum Gasteiger partial charge on any atom is -0.497 e. The molecule has 2 N–H and O–H groups in total. The van der Waals surface area contributed by atoms with Crippen molar-refractivity contribution in [2.45, 2.75) is 33.2 Å². The number of nitrogens with zero attached hydrogens (tertiary/aromatic N) is 3. The van der Waals surface area contributed by atoms with Crippen molar-refractivity contribution in [3.05, 3.63) is 41.7 Å². The van der Waals surface area contributed by atoms with E-state index in [9.17, 15) is 0 Å². The molecule has 27 heavy (non-hydrogen) atoms. The Morgan fingerprint density at radius 3 is 2.52 bits per heavy atom. The topological polar surface area (TPSA) is 72.7 Å². The highest BCUT2D eigenvalue weighted by Crippen LogP contribution is 2.18. The van der Waals surface area contributed by atoms with Crippen molar-refractivity contribution in [1.29, 1.82) is 0 Å². The number of aryl methyl sites for hydroxylation is 3. The summed E-state index contributed by atoms with van der Waals surface area (Å²) in [5, 5.41) is 11.1. The van der Waals surface area contributed by atoms with Crippen molar-refractivity contribution in [3.8, 4) is 11.5 Å². The van der Waals surface area contributed by atoms with E-state index >= 15 is 0 Å². The monoisotopic (exact) mass is 373 g/mol. The number of methoxy groups -OCH3 is 1. The van der Waals surface area contributed by atoms with Crippen LogP contribution in [0, 0.1) is 13.8 Å². The zero-order valence-electron chi connectivity index (χ0n) is 16.8. The van der Waals surface area contributed by atoms with Crippen molar-refractivity contribution >= 4 is 5.96 Å². The van der Waals surface area contributed by atoms with E-state index in [2.05, 4.69) is 33.7 Å². The summed E-state index contributed by atoms with van der Waals surface area (Å²) in [4.78, 5) is 4.25. The molecule has 2 aromatic rings. The number of aliphatic imine (C=N–C) groups is 1. The van der Waals surface area contributed by atoms with Crippen LogP contribution < -0.4 is 20.1 Å². The Labute approximate surface area is 161 Å². The minimum atomic E-state index is 0.634. The summed E-state index contributed by atoms with van der Waals surface area (Å²) in [5.74, 6) is 2.43. The van der Waals surface area contributed by atoms with Gasteiger partial charge in [0.2, 0.25) is 0 Å². The quantitative estimate of drug-likeness (QED) is 0.380. The lowest BCUT2D eigenvalue weighted by Gasteiger charge is -2.12. The molecule has 0 spiro atoms. The molecule has 1 aromatic heterocycles. The fourth-order valence-corrected chi connectivity index (χ4v) is 2.72. The van der Waals surface area contributed by atoms with Crippen LogP contribution >= 0.6 is 0 Å². The van der Waals surface area contributed by atoms with E-state index < -0.39 is 0 Å². The van der Waals surface area contributed by atoms with Crippen LogP contribution in [-0.4, -0.2) is 49.6 Å².